The third-order valence-electron chi connectivity index (χ3n) is 3.49. The van der Waals surface area contributed by atoms with Gasteiger partial charge in [-0.25, -0.2) is 0 Å². The Balaban J connectivity index is 2.08. The molecular weight excluding hydrogens is 234 g/mol. The third-order valence-corrected chi connectivity index (χ3v) is 3.49. The average Bonchev–Trinajstić information content (AvgIpc) is 2.90. The van der Waals surface area contributed by atoms with Crippen LogP contribution >= 0.6 is 0 Å². The number of ether oxygens (including phenoxy) is 1. The lowest BCUT2D eigenvalue weighted by atomic mass is 9.99. The monoisotopic (exact) mass is 257 g/mol. The highest BCUT2D eigenvalue weighted by Crippen LogP contribution is 2.29. The van der Waals surface area contributed by atoms with Crippen molar-refractivity contribution in [2.45, 2.75) is 45.6 Å². The summed E-state index contributed by atoms with van der Waals surface area (Å²) >= 11 is 0. The van der Waals surface area contributed by atoms with Crippen molar-refractivity contribution in [3.05, 3.63) is 29.3 Å². The van der Waals surface area contributed by atoms with Crippen LogP contribution in [0.4, 0.5) is 0 Å². The van der Waals surface area contributed by atoms with Gasteiger partial charge in [0.2, 0.25) is 0 Å². The first-order chi connectivity index (χ1) is 9.35. The van der Waals surface area contributed by atoms with E-state index in [1.54, 1.807) is 0 Å². The largest absolute Gasteiger partial charge is 0.493 e. The fraction of sp³-hybridized carbons (Fsp3) is 0.529. The van der Waals surface area contributed by atoms with E-state index in [0.717, 1.165) is 44.6 Å². The molecule has 0 aromatic heterocycles. The van der Waals surface area contributed by atoms with Crippen molar-refractivity contribution >= 4 is 0 Å². The Morgan fingerprint density at radius 3 is 3.11 bits per heavy atom. The summed E-state index contributed by atoms with van der Waals surface area (Å²) in [6.45, 7) is 5.98. The van der Waals surface area contributed by atoms with E-state index in [1.807, 2.05) is 6.92 Å². The molecule has 1 aromatic rings. The molecule has 0 saturated carbocycles. The molecule has 0 saturated heterocycles. The zero-order valence-corrected chi connectivity index (χ0v) is 12.0. The minimum Gasteiger partial charge on any atom is -0.493 e. The second kappa shape index (κ2) is 7.21. The quantitative estimate of drug-likeness (QED) is 0.788. The standard InChI is InChI=1S/C17H23NO/c1-3-5-6-7-16(18-11-4-2)14-8-9-17-15(13-14)10-12-19-17/h8-9,13,16,18H,4,6-7,10-12H2,1-2H3. The Labute approximate surface area is 116 Å². The zero-order chi connectivity index (χ0) is 13.5. The number of nitrogens with one attached hydrogen (secondary N) is 1. The van der Waals surface area contributed by atoms with E-state index < -0.39 is 0 Å². The molecule has 1 unspecified atom stereocenters. The van der Waals surface area contributed by atoms with Gasteiger partial charge in [0.1, 0.15) is 5.75 Å². The molecule has 1 aromatic carbocycles. The van der Waals surface area contributed by atoms with Gasteiger partial charge in [-0.2, -0.15) is 0 Å². The number of hydrogen-bond donors (Lipinski definition) is 1. The maximum Gasteiger partial charge on any atom is 0.122 e. The van der Waals surface area contributed by atoms with E-state index in [4.69, 9.17) is 4.74 Å². The highest BCUT2D eigenvalue weighted by molar-refractivity contribution is 5.40. The summed E-state index contributed by atoms with van der Waals surface area (Å²) in [7, 11) is 0. The Morgan fingerprint density at radius 1 is 1.42 bits per heavy atom. The maximum absolute atomic E-state index is 5.57. The topological polar surface area (TPSA) is 21.3 Å². The molecule has 19 heavy (non-hydrogen) atoms. The smallest absolute Gasteiger partial charge is 0.122 e. The van der Waals surface area contributed by atoms with Gasteiger partial charge in [-0.05, 0) is 43.5 Å². The van der Waals surface area contributed by atoms with Gasteiger partial charge in [0.05, 0.1) is 6.61 Å². The lowest BCUT2D eigenvalue weighted by Crippen LogP contribution is -2.22. The normalized spacial score (nSPS) is 14.2. The van der Waals surface area contributed by atoms with E-state index in [-0.39, 0.29) is 0 Å². The summed E-state index contributed by atoms with van der Waals surface area (Å²) in [6, 6.07) is 7.02. The van der Waals surface area contributed by atoms with Crippen LogP contribution in [0, 0.1) is 11.8 Å². The highest BCUT2D eigenvalue weighted by Gasteiger charge is 2.16. The van der Waals surface area contributed by atoms with Gasteiger partial charge < -0.3 is 10.1 Å². The third kappa shape index (κ3) is 3.75. The summed E-state index contributed by atoms with van der Waals surface area (Å²) in [6.07, 6.45) is 4.22. The molecule has 1 heterocycles. The van der Waals surface area contributed by atoms with Crippen molar-refractivity contribution in [3.63, 3.8) is 0 Å². The molecule has 102 valence electrons. The molecule has 0 amide bonds. The Morgan fingerprint density at radius 2 is 2.32 bits per heavy atom. The van der Waals surface area contributed by atoms with Crippen LogP contribution < -0.4 is 10.1 Å². The molecule has 1 aliphatic rings. The van der Waals surface area contributed by atoms with Crippen LogP contribution in [-0.2, 0) is 6.42 Å². The van der Waals surface area contributed by atoms with E-state index in [9.17, 15) is 0 Å². The summed E-state index contributed by atoms with van der Waals surface area (Å²) in [5.41, 5.74) is 2.72. The van der Waals surface area contributed by atoms with Gasteiger partial charge in [-0.1, -0.05) is 19.1 Å². The molecular formula is C17H23NO. The molecule has 2 nitrogen and oxygen atoms in total. The molecule has 1 atom stereocenters. The summed E-state index contributed by atoms with van der Waals surface area (Å²) in [5.74, 6) is 7.20. The molecule has 1 N–H and O–H groups in total. The van der Waals surface area contributed by atoms with Crippen LogP contribution in [0.2, 0.25) is 0 Å². The fourth-order valence-electron chi connectivity index (χ4n) is 2.47. The van der Waals surface area contributed by atoms with Crippen LogP contribution in [0.1, 0.15) is 50.3 Å². The summed E-state index contributed by atoms with van der Waals surface area (Å²) in [5, 5.41) is 3.63. The van der Waals surface area contributed by atoms with E-state index in [0.29, 0.717) is 6.04 Å². The number of hydrogen-bond acceptors (Lipinski definition) is 2. The van der Waals surface area contributed by atoms with Crippen LogP contribution in [0.25, 0.3) is 0 Å². The van der Waals surface area contributed by atoms with Gasteiger partial charge >= 0.3 is 0 Å². The Kier molecular flexibility index (Phi) is 5.30. The maximum atomic E-state index is 5.57. The molecule has 0 bridgehead atoms. The van der Waals surface area contributed by atoms with Crippen molar-refractivity contribution in [1.29, 1.82) is 0 Å². The van der Waals surface area contributed by atoms with Crippen LogP contribution in [0.3, 0.4) is 0 Å². The van der Waals surface area contributed by atoms with E-state index >= 15 is 0 Å². The fourth-order valence-corrected chi connectivity index (χ4v) is 2.47. The SMILES string of the molecule is CC#CCCC(NCCC)c1ccc2c(c1)CCO2. The Hall–Kier alpha value is -1.46. The van der Waals surface area contributed by atoms with Crippen LogP contribution in [-0.4, -0.2) is 13.2 Å². The van der Waals surface area contributed by atoms with Crippen molar-refractivity contribution in [2.24, 2.45) is 0 Å². The molecule has 0 radical (unpaired) electrons. The lowest BCUT2D eigenvalue weighted by molar-refractivity contribution is 0.356. The molecule has 1 aliphatic heterocycles. The van der Waals surface area contributed by atoms with Crippen molar-refractivity contribution in [1.82, 2.24) is 5.32 Å². The summed E-state index contributed by atoms with van der Waals surface area (Å²) in [4.78, 5) is 0. The first kappa shape index (κ1) is 14.0. The molecule has 2 heteroatoms. The minimum atomic E-state index is 0.409. The molecule has 0 fully saturated rings. The minimum absolute atomic E-state index is 0.409. The van der Waals surface area contributed by atoms with Crippen molar-refractivity contribution in [2.75, 3.05) is 13.2 Å². The van der Waals surface area contributed by atoms with Gasteiger partial charge in [0.25, 0.3) is 0 Å². The first-order valence-electron chi connectivity index (χ1n) is 7.23. The molecule has 0 aliphatic carbocycles. The first-order valence-corrected chi connectivity index (χ1v) is 7.23. The molecule has 0 spiro atoms. The second-order valence-corrected chi connectivity index (χ2v) is 4.94. The van der Waals surface area contributed by atoms with Crippen molar-refractivity contribution < 1.29 is 4.74 Å². The van der Waals surface area contributed by atoms with Gasteiger partial charge in [-0.15, -0.1) is 11.8 Å². The summed E-state index contributed by atoms with van der Waals surface area (Å²) < 4.78 is 5.57. The predicted octanol–water partition coefficient (Wildman–Crippen LogP) is 3.47. The number of benzene rings is 1. The Bertz CT molecular complexity index is 470. The van der Waals surface area contributed by atoms with E-state index in [1.165, 1.54) is 11.1 Å². The number of fused-ring (bicyclic) bond motifs is 1. The zero-order valence-electron chi connectivity index (χ0n) is 12.0. The van der Waals surface area contributed by atoms with E-state index in [2.05, 4.69) is 42.3 Å². The number of rotatable bonds is 6. The predicted molar refractivity (Wildman–Crippen MR) is 79.4 cm³/mol. The van der Waals surface area contributed by atoms with Crippen LogP contribution in [0.15, 0.2) is 18.2 Å². The second-order valence-electron chi connectivity index (χ2n) is 4.94. The van der Waals surface area contributed by atoms with Crippen molar-refractivity contribution in [3.8, 4) is 17.6 Å². The van der Waals surface area contributed by atoms with Crippen LogP contribution in [0.5, 0.6) is 5.75 Å². The molecule has 2 rings (SSSR count). The van der Waals surface area contributed by atoms with Gasteiger partial charge in [0, 0.05) is 18.9 Å². The lowest BCUT2D eigenvalue weighted by Gasteiger charge is -2.18. The van der Waals surface area contributed by atoms with Gasteiger partial charge in [0.15, 0.2) is 0 Å². The van der Waals surface area contributed by atoms with Gasteiger partial charge in [-0.3, -0.25) is 0 Å². The highest BCUT2D eigenvalue weighted by atomic mass is 16.5. The average molecular weight is 257 g/mol.